The van der Waals surface area contributed by atoms with Crippen LogP contribution in [-0.4, -0.2) is 39.4 Å². The Balaban J connectivity index is 1.71. The van der Waals surface area contributed by atoms with E-state index in [0.717, 1.165) is 29.9 Å². The standard InChI is InChI=1S/C23H30N4O2/c1-15(2)17-7-5-6-8-19(17)26(4)23(29)18-11-12-20(28)27(16-9-10-16)21(18)22-24-13-14-25(22)3/h5-8,13-16,18,21H,9-12H2,1-4H3/t18-,21-/m0/s1. The molecule has 1 saturated heterocycles. The van der Waals surface area contributed by atoms with Gasteiger partial charge in [-0.3, -0.25) is 9.59 Å². The minimum Gasteiger partial charge on any atom is -0.336 e. The lowest BCUT2D eigenvalue weighted by Crippen LogP contribution is -2.50. The van der Waals surface area contributed by atoms with E-state index >= 15 is 0 Å². The Morgan fingerprint density at radius 2 is 1.93 bits per heavy atom. The first kappa shape index (κ1) is 19.7. The van der Waals surface area contributed by atoms with Gasteiger partial charge in [0.05, 0.1) is 5.92 Å². The molecule has 29 heavy (non-hydrogen) atoms. The number of aryl methyl sites for hydroxylation is 1. The average Bonchev–Trinajstić information content (AvgIpc) is 3.46. The van der Waals surface area contributed by atoms with Gasteiger partial charge in [-0.2, -0.15) is 0 Å². The smallest absolute Gasteiger partial charge is 0.232 e. The molecule has 2 heterocycles. The van der Waals surface area contributed by atoms with Crippen LogP contribution in [0.4, 0.5) is 5.69 Å². The largest absolute Gasteiger partial charge is 0.336 e. The van der Waals surface area contributed by atoms with Crippen LogP contribution in [0.15, 0.2) is 36.7 Å². The molecule has 2 atom stereocenters. The monoisotopic (exact) mass is 394 g/mol. The van der Waals surface area contributed by atoms with E-state index in [1.165, 1.54) is 0 Å². The van der Waals surface area contributed by atoms with Crippen LogP contribution in [0.1, 0.15) is 62.9 Å². The molecule has 6 heteroatoms. The molecule has 1 saturated carbocycles. The summed E-state index contributed by atoms with van der Waals surface area (Å²) < 4.78 is 1.95. The van der Waals surface area contributed by atoms with Crippen LogP contribution >= 0.6 is 0 Å². The second-order valence-corrected chi connectivity index (χ2v) is 8.63. The van der Waals surface area contributed by atoms with Crippen molar-refractivity contribution in [3.05, 3.63) is 48.0 Å². The van der Waals surface area contributed by atoms with Crippen molar-refractivity contribution < 1.29 is 9.59 Å². The van der Waals surface area contributed by atoms with Gasteiger partial charge in [-0.05, 0) is 36.8 Å². The molecule has 2 aromatic rings. The highest BCUT2D eigenvalue weighted by Crippen LogP contribution is 2.44. The van der Waals surface area contributed by atoms with Crippen molar-refractivity contribution in [3.63, 3.8) is 0 Å². The first-order valence-corrected chi connectivity index (χ1v) is 10.5. The van der Waals surface area contributed by atoms with E-state index in [1.54, 1.807) is 11.1 Å². The number of hydrogen-bond donors (Lipinski definition) is 0. The van der Waals surface area contributed by atoms with E-state index < -0.39 is 0 Å². The molecule has 4 rings (SSSR count). The van der Waals surface area contributed by atoms with Gasteiger partial charge >= 0.3 is 0 Å². The fraction of sp³-hybridized carbons (Fsp3) is 0.522. The third kappa shape index (κ3) is 3.56. The Labute approximate surface area is 172 Å². The Bertz CT molecular complexity index is 915. The van der Waals surface area contributed by atoms with Gasteiger partial charge in [0, 0.05) is 44.6 Å². The molecule has 0 spiro atoms. The highest BCUT2D eigenvalue weighted by atomic mass is 16.2. The summed E-state index contributed by atoms with van der Waals surface area (Å²) in [6, 6.07) is 8.03. The second-order valence-electron chi connectivity index (χ2n) is 8.63. The number of imidazole rings is 1. The first-order chi connectivity index (χ1) is 13.9. The molecule has 154 valence electrons. The quantitative estimate of drug-likeness (QED) is 0.778. The van der Waals surface area contributed by atoms with Crippen molar-refractivity contribution in [2.75, 3.05) is 11.9 Å². The maximum absolute atomic E-state index is 13.7. The van der Waals surface area contributed by atoms with E-state index in [0.29, 0.717) is 18.8 Å². The zero-order valence-corrected chi connectivity index (χ0v) is 17.7. The maximum Gasteiger partial charge on any atom is 0.232 e. The Hall–Kier alpha value is -2.63. The zero-order valence-electron chi connectivity index (χ0n) is 17.7. The van der Waals surface area contributed by atoms with Crippen molar-refractivity contribution in [1.29, 1.82) is 0 Å². The number of amides is 2. The number of piperidine rings is 1. The third-order valence-corrected chi connectivity index (χ3v) is 6.27. The topological polar surface area (TPSA) is 58.4 Å². The number of benzene rings is 1. The highest BCUT2D eigenvalue weighted by molar-refractivity contribution is 5.97. The van der Waals surface area contributed by atoms with Crippen molar-refractivity contribution >= 4 is 17.5 Å². The number of anilines is 1. The van der Waals surface area contributed by atoms with Gasteiger partial charge < -0.3 is 14.4 Å². The lowest BCUT2D eigenvalue weighted by Gasteiger charge is -2.41. The summed E-state index contributed by atoms with van der Waals surface area (Å²) >= 11 is 0. The average molecular weight is 395 g/mol. The number of nitrogens with zero attached hydrogens (tertiary/aromatic N) is 4. The number of aromatic nitrogens is 2. The summed E-state index contributed by atoms with van der Waals surface area (Å²) in [5, 5.41) is 0. The second kappa shape index (κ2) is 7.65. The number of carbonyl (C=O) groups excluding carboxylic acids is 2. The highest BCUT2D eigenvalue weighted by Gasteiger charge is 2.48. The molecular formula is C23H30N4O2. The maximum atomic E-state index is 13.7. The fourth-order valence-corrected chi connectivity index (χ4v) is 4.57. The Morgan fingerprint density at radius 1 is 1.21 bits per heavy atom. The van der Waals surface area contributed by atoms with Crippen LogP contribution in [0.5, 0.6) is 0 Å². The Kier molecular flexibility index (Phi) is 5.19. The predicted octanol–water partition coefficient (Wildman–Crippen LogP) is 3.65. The molecule has 2 aliphatic rings. The van der Waals surface area contributed by atoms with Crippen LogP contribution in [0, 0.1) is 5.92 Å². The molecule has 0 N–H and O–H groups in total. The lowest BCUT2D eigenvalue weighted by atomic mass is 9.86. The first-order valence-electron chi connectivity index (χ1n) is 10.5. The summed E-state index contributed by atoms with van der Waals surface area (Å²) in [7, 11) is 3.79. The predicted molar refractivity (Wildman–Crippen MR) is 112 cm³/mol. The van der Waals surface area contributed by atoms with Crippen LogP contribution in [0.25, 0.3) is 0 Å². The molecule has 1 aliphatic carbocycles. The Morgan fingerprint density at radius 3 is 2.55 bits per heavy atom. The lowest BCUT2D eigenvalue weighted by molar-refractivity contribution is -0.143. The number of rotatable bonds is 5. The molecule has 0 unspecified atom stereocenters. The summed E-state index contributed by atoms with van der Waals surface area (Å²) in [5.41, 5.74) is 2.10. The van der Waals surface area contributed by atoms with Crippen LogP contribution < -0.4 is 4.90 Å². The number of carbonyl (C=O) groups is 2. The molecule has 1 aromatic carbocycles. The summed E-state index contributed by atoms with van der Waals surface area (Å²) in [5.74, 6) is 1.04. The van der Waals surface area contributed by atoms with Gasteiger partial charge in [0.25, 0.3) is 0 Å². The van der Waals surface area contributed by atoms with Crippen LogP contribution in [-0.2, 0) is 16.6 Å². The summed E-state index contributed by atoms with van der Waals surface area (Å²) in [6.45, 7) is 4.28. The number of hydrogen-bond acceptors (Lipinski definition) is 3. The van der Waals surface area contributed by atoms with Crippen molar-refractivity contribution in [1.82, 2.24) is 14.5 Å². The summed E-state index contributed by atoms with van der Waals surface area (Å²) in [4.78, 5) is 34.8. The molecule has 6 nitrogen and oxygen atoms in total. The van der Waals surface area contributed by atoms with Gasteiger partial charge in [0.1, 0.15) is 11.9 Å². The van der Waals surface area contributed by atoms with Gasteiger partial charge in [0.15, 0.2) is 0 Å². The minimum absolute atomic E-state index is 0.0595. The molecule has 1 aromatic heterocycles. The van der Waals surface area contributed by atoms with Crippen LogP contribution in [0.3, 0.4) is 0 Å². The third-order valence-electron chi connectivity index (χ3n) is 6.27. The van der Waals surface area contributed by atoms with E-state index in [9.17, 15) is 9.59 Å². The van der Waals surface area contributed by atoms with Crippen molar-refractivity contribution in [2.24, 2.45) is 13.0 Å². The molecule has 2 fully saturated rings. The fourth-order valence-electron chi connectivity index (χ4n) is 4.57. The van der Waals surface area contributed by atoms with E-state index in [-0.39, 0.29) is 29.8 Å². The minimum atomic E-state index is -0.301. The van der Waals surface area contributed by atoms with Gasteiger partial charge in [-0.15, -0.1) is 0 Å². The number of likely N-dealkylation sites (tertiary alicyclic amines) is 1. The normalized spacial score (nSPS) is 22.2. The van der Waals surface area contributed by atoms with Gasteiger partial charge in [-0.1, -0.05) is 32.0 Å². The van der Waals surface area contributed by atoms with Crippen molar-refractivity contribution in [2.45, 2.75) is 57.5 Å². The van der Waals surface area contributed by atoms with E-state index in [1.807, 2.05) is 48.0 Å². The zero-order chi connectivity index (χ0) is 20.7. The molecule has 0 radical (unpaired) electrons. The van der Waals surface area contributed by atoms with E-state index in [4.69, 9.17) is 0 Å². The number of para-hydroxylation sites is 1. The molecule has 2 amide bonds. The SMILES string of the molecule is CC(C)c1ccccc1N(C)C(=O)[C@H]1CCC(=O)N(C2CC2)[C@@H]1c1nccn1C. The van der Waals surface area contributed by atoms with Gasteiger partial charge in [-0.25, -0.2) is 4.98 Å². The van der Waals surface area contributed by atoms with Crippen molar-refractivity contribution in [3.8, 4) is 0 Å². The van der Waals surface area contributed by atoms with Crippen LogP contribution in [0.2, 0.25) is 0 Å². The molecule has 1 aliphatic heterocycles. The van der Waals surface area contributed by atoms with Gasteiger partial charge in [0.2, 0.25) is 11.8 Å². The van der Waals surface area contributed by atoms with E-state index in [2.05, 4.69) is 24.9 Å². The molecular weight excluding hydrogens is 364 g/mol. The molecule has 0 bridgehead atoms. The summed E-state index contributed by atoms with van der Waals surface area (Å²) in [6.07, 6.45) is 6.65.